The first-order valence-electron chi connectivity index (χ1n) is 9.47. The van der Waals surface area contributed by atoms with Crippen molar-refractivity contribution in [2.45, 2.75) is 45.1 Å². The zero-order chi connectivity index (χ0) is 20.0. The van der Waals surface area contributed by atoms with Gasteiger partial charge in [0.15, 0.2) is 0 Å². The molecule has 0 aliphatic rings. The summed E-state index contributed by atoms with van der Waals surface area (Å²) in [5.74, 6) is -0.182. The van der Waals surface area contributed by atoms with Crippen molar-refractivity contribution in [3.05, 3.63) is 65.7 Å². The molecule has 0 unspecified atom stereocenters. The van der Waals surface area contributed by atoms with Crippen LogP contribution in [0.5, 0.6) is 0 Å². The van der Waals surface area contributed by atoms with Gasteiger partial charge in [0.25, 0.3) is 0 Å². The van der Waals surface area contributed by atoms with Crippen molar-refractivity contribution in [1.82, 2.24) is 5.48 Å². The molecule has 0 heterocycles. The molecule has 2 rings (SSSR count). The Morgan fingerprint density at radius 2 is 1.46 bits per heavy atom. The Bertz CT molecular complexity index is 745. The first kappa shape index (κ1) is 21.3. The molecule has 0 saturated heterocycles. The summed E-state index contributed by atoms with van der Waals surface area (Å²) in [6.45, 7) is 0.347. The summed E-state index contributed by atoms with van der Waals surface area (Å²) in [6.07, 6.45) is 4.90. The van der Waals surface area contributed by atoms with Gasteiger partial charge in [-0.05, 0) is 42.7 Å². The van der Waals surface area contributed by atoms with Crippen LogP contribution >= 0.6 is 0 Å². The molecule has 0 saturated carbocycles. The molecule has 148 valence electrons. The maximum absolute atomic E-state index is 11.9. The van der Waals surface area contributed by atoms with Crippen molar-refractivity contribution < 1.29 is 19.2 Å². The van der Waals surface area contributed by atoms with Crippen LogP contribution < -0.4 is 10.8 Å². The Morgan fingerprint density at radius 1 is 0.821 bits per heavy atom. The van der Waals surface area contributed by atoms with Crippen LogP contribution in [0.1, 0.15) is 54.4 Å². The van der Waals surface area contributed by atoms with Gasteiger partial charge in [0.1, 0.15) is 6.29 Å². The number of hydrogen-bond donors (Lipinski definition) is 2. The van der Waals surface area contributed by atoms with E-state index in [1.54, 1.807) is 24.3 Å². The lowest BCUT2D eigenvalue weighted by molar-refractivity contribution is -0.134. The zero-order valence-corrected chi connectivity index (χ0v) is 15.9. The molecule has 0 bridgehead atoms. The van der Waals surface area contributed by atoms with Gasteiger partial charge in [-0.3, -0.25) is 19.2 Å². The van der Waals surface area contributed by atoms with E-state index in [-0.39, 0.29) is 11.8 Å². The van der Waals surface area contributed by atoms with Crippen LogP contribution in [0.15, 0.2) is 54.6 Å². The Morgan fingerprint density at radius 3 is 2.11 bits per heavy atom. The summed E-state index contributed by atoms with van der Waals surface area (Å²) in [5, 5.41) is 2.80. The number of aldehydes is 1. The highest BCUT2D eigenvalue weighted by Gasteiger charge is 2.04. The van der Waals surface area contributed by atoms with Gasteiger partial charge in [-0.2, -0.15) is 0 Å². The van der Waals surface area contributed by atoms with E-state index >= 15 is 0 Å². The Kier molecular flexibility index (Phi) is 9.44. The predicted molar refractivity (Wildman–Crippen MR) is 108 cm³/mol. The molecule has 0 aliphatic heterocycles. The van der Waals surface area contributed by atoms with Crippen LogP contribution in [0.3, 0.4) is 0 Å². The van der Waals surface area contributed by atoms with E-state index in [1.807, 2.05) is 30.3 Å². The molecule has 6 nitrogen and oxygen atoms in total. The van der Waals surface area contributed by atoms with Crippen LogP contribution in [0.2, 0.25) is 0 Å². The molecule has 0 spiro atoms. The molecule has 2 aromatic rings. The van der Waals surface area contributed by atoms with E-state index in [4.69, 9.17) is 4.84 Å². The third-order valence-corrected chi connectivity index (χ3v) is 4.16. The summed E-state index contributed by atoms with van der Waals surface area (Å²) >= 11 is 0. The fourth-order valence-electron chi connectivity index (χ4n) is 2.62. The molecule has 0 radical (unpaired) electrons. The smallest absolute Gasteiger partial charge is 0.243 e. The standard InChI is InChI=1S/C22H26N2O4/c25-16-18-12-14-20(15-13-18)23-21(26)10-6-1-2-7-11-22(27)24-28-17-19-8-4-3-5-9-19/h3-5,8-9,12-16H,1-2,6-7,10-11,17H2,(H,23,26)(H,24,27). The molecule has 0 aromatic heterocycles. The summed E-state index contributed by atoms with van der Waals surface area (Å²) in [6, 6.07) is 16.4. The third-order valence-electron chi connectivity index (χ3n) is 4.16. The van der Waals surface area contributed by atoms with Gasteiger partial charge >= 0.3 is 0 Å². The quantitative estimate of drug-likeness (QED) is 0.330. The van der Waals surface area contributed by atoms with Crippen LogP contribution in [-0.4, -0.2) is 18.1 Å². The number of hydroxylamine groups is 1. The second kappa shape index (κ2) is 12.4. The van der Waals surface area contributed by atoms with E-state index in [2.05, 4.69) is 10.8 Å². The molecule has 2 N–H and O–H groups in total. The van der Waals surface area contributed by atoms with Crippen LogP contribution in [-0.2, 0) is 21.0 Å². The summed E-state index contributed by atoms with van der Waals surface area (Å²) in [4.78, 5) is 39.4. The molecule has 2 amide bonds. The van der Waals surface area contributed by atoms with Crippen molar-refractivity contribution in [2.75, 3.05) is 5.32 Å². The van der Waals surface area contributed by atoms with Crippen LogP contribution in [0, 0.1) is 0 Å². The monoisotopic (exact) mass is 382 g/mol. The number of benzene rings is 2. The van der Waals surface area contributed by atoms with Gasteiger partial charge in [0, 0.05) is 24.1 Å². The Labute approximate surface area is 165 Å². The van der Waals surface area contributed by atoms with Gasteiger partial charge in [0.05, 0.1) is 6.61 Å². The number of anilines is 1. The number of nitrogens with one attached hydrogen (secondary N) is 2. The Hall–Kier alpha value is -2.99. The molecular weight excluding hydrogens is 356 g/mol. The average molecular weight is 382 g/mol. The maximum Gasteiger partial charge on any atom is 0.243 e. The first-order valence-corrected chi connectivity index (χ1v) is 9.47. The highest BCUT2D eigenvalue weighted by molar-refractivity contribution is 5.91. The first-order chi connectivity index (χ1) is 13.7. The van der Waals surface area contributed by atoms with Crippen molar-refractivity contribution >= 4 is 23.8 Å². The fraction of sp³-hybridized carbons (Fsp3) is 0.318. The number of carbonyl (C=O) groups excluding carboxylic acids is 3. The molecule has 28 heavy (non-hydrogen) atoms. The second-order valence-electron chi connectivity index (χ2n) is 6.50. The highest BCUT2D eigenvalue weighted by Crippen LogP contribution is 2.11. The molecule has 0 fully saturated rings. The van der Waals surface area contributed by atoms with Crippen molar-refractivity contribution in [3.8, 4) is 0 Å². The topological polar surface area (TPSA) is 84.5 Å². The van der Waals surface area contributed by atoms with Gasteiger partial charge < -0.3 is 5.32 Å². The second-order valence-corrected chi connectivity index (χ2v) is 6.50. The maximum atomic E-state index is 11.9. The SMILES string of the molecule is O=Cc1ccc(NC(=O)CCCCCCC(=O)NOCc2ccccc2)cc1. The minimum absolute atomic E-state index is 0.0501. The normalized spacial score (nSPS) is 10.3. The third kappa shape index (κ3) is 8.60. The molecular formula is C22H26N2O4. The van der Waals surface area contributed by atoms with Gasteiger partial charge in [-0.1, -0.05) is 43.2 Å². The minimum Gasteiger partial charge on any atom is -0.326 e. The molecule has 0 aliphatic carbocycles. The number of hydrogen-bond acceptors (Lipinski definition) is 4. The van der Waals surface area contributed by atoms with Crippen LogP contribution in [0.25, 0.3) is 0 Å². The van der Waals surface area contributed by atoms with Gasteiger partial charge in [0.2, 0.25) is 11.8 Å². The minimum atomic E-state index is -0.132. The van der Waals surface area contributed by atoms with E-state index < -0.39 is 0 Å². The van der Waals surface area contributed by atoms with Crippen molar-refractivity contribution in [2.24, 2.45) is 0 Å². The van der Waals surface area contributed by atoms with Gasteiger partial charge in [-0.25, -0.2) is 5.48 Å². The van der Waals surface area contributed by atoms with E-state index in [0.29, 0.717) is 30.7 Å². The number of rotatable bonds is 12. The van der Waals surface area contributed by atoms with Crippen molar-refractivity contribution in [3.63, 3.8) is 0 Å². The van der Waals surface area contributed by atoms with E-state index in [1.165, 1.54) is 0 Å². The predicted octanol–water partition coefficient (Wildman–Crippen LogP) is 4.03. The lowest BCUT2D eigenvalue weighted by Crippen LogP contribution is -2.23. The molecule has 6 heteroatoms. The summed E-state index contributed by atoms with van der Waals surface area (Å²) in [7, 11) is 0. The lowest BCUT2D eigenvalue weighted by atomic mass is 10.1. The zero-order valence-electron chi connectivity index (χ0n) is 15.9. The fourth-order valence-corrected chi connectivity index (χ4v) is 2.62. The van der Waals surface area contributed by atoms with Gasteiger partial charge in [-0.15, -0.1) is 0 Å². The number of amides is 2. The number of unbranched alkanes of at least 4 members (excludes halogenated alkanes) is 3. The lowest BCUT2D eigenvalue weighted by Gasteiger charge is -2.07. The molecule has 0 atom stereocenters. The average Bonchev–Trinajstić information content (AvgIpc) is 2.72. The number of carbonyl (C=O) groups is 3. The van der Waals surface area contributed by atoms with E-state index in [0.717, 1.165) is 37.5 Å². The van der Waals surface area contributed by atoms with Crippen LogP contribution in [0.4, 0.5) is 5.69 Å². The summed E-state index contributed by atoms with van der Waals surface area (Å²) in [5.41, 5.74) is 4.71. The Balaban J connectivity index is 1.47. The summed E-state index contributed by atoms with van der Waals surface area (Å²) < 4.78 is 0. The molecule has 2 aromatic carbocycles. The highest BCUT2D eigenvalue weighted by atomic mass is 16.6. The van der Waals surface area contributed by atoms with Crippen molar-refractivity contribution in [1.29, 1.82) is 0 Å². The van der Waals surface area contributed by atoms with E-state index in [9.17, 15) is 14.4 Å². The largest absolute Gasteiger partial charge is 0.326 e.